The topological polar surface area (TPSA) is 45.1 Å². The van der Waals surface area contributed by atoms with Gasteiger partial charge in [-0.3, -0.25) is 0 Å². The van der Waals surface area contributed by atoms with Crippen LogP contribution in [-0.4, -0.2) is 22.7 Å². The third-order valence-corrected chi connectivity index (χ3v) is 2.33. The Morgan fingerprint density at radius 3 is 2.92 bits per heavy atom. The Morgan fingerprint density at radius 1 is 1.67 bits per heavy atom. The molecule has 0 radical (unpaired) electrons. The minimum Gasteiger partial charge on any atom is -0.385 e. The van der Waals surface area contributed by atoms with Gasteiger partial charge in [0.25, 0.3) is 0 Å². The summed E-state index contributed by atoms with van der Waals surface area (Å²) in [7, 11) is 0. The molecule has 1 unspecified atom stereocenters. The van der Waals surface area contributed by atoms with Crippen molar-refractivity contribution in [2.75, 3.05) is 6.54 Å². The maximum absolute atomic E-state index is 9.54. The van der Waals surface area contributed by atoms with E-state index in [1.54, 1.807) is 6.20 Å². The molecular weight excluding hydrogens is 172 g/mol. The lowest BCUT2D eigenvalue weighted by Gasteiger charge is -2.11. The van der Waals surface area contributed by atoms with E-state index in [0.29, 0.717) is 12.6 Å². The van der Waals surface area contributed by atoms with Gasteiger partial charge in [-0.2, -0.15) is 0 Å². The summed E-state index contributed by atoms with van der Waals surface area (Å²) in [5.41, 5.74) is 0. The van der Waals surface area contributed by atoms with Crippen LogP contribution in [0.15, 0.2) is 11.6 Å². The highest BCUT2D eigenvalue weighted by atomic mass is 32.1. The fourth-order valence-corrected chi connectivity index (χ4v) is 1.46. The van der Waals surface area contributed by atoms with Crippen molar-refractivity contribution in [3.8, 4) is 0 Å². The molecule has 2 N–H and O–H groups in total. The van der Waals surface area contributed by atoms with E-state index in [-0.39, 0.29) is 0 Å². The normalized spacial score (nSPS) is 13.7. The van der Waals surface area contributed by atoms with Crippen molar-refractivity contribution in [3.05, 3.63) is 16.6 Å². The average Bonchev–Trinajstić information content (AvgIpc) is 2.51. The summed E-state index contributed by atoms with van der Waals surface area (Å²) in [5, 5.41) is 15.3. The zero-order valence-corrected chi connectivity index (χ0v) is 8.14. The monoisotopic (exact) mass is 186 g/mol. The van der Waals surface area contributed by atoms with Crippen LogP contribution in [-0.2, 0) is 0 Å². The summed E-state index contributed by atoms with van der Waals surface area (Å²) in [5.74, 6) is 0. The second-order valence-electron chi connectivity index (χ2n) is 2.95. The van der Waals surface area contributed by atoms with Crippen LogP contribution in [0, 0.1) is 0 Å². The van der Waals surface area contributed by atoms with Crippen LogP contribution in [0.2, 0.25) is 0 Å². The summed E-state index contributed by atoms with van der Waals surface area (Å²) >= 11 is 1.48. The van der Waals surface area contributed by atoms with Gasteiger partial charge in [0.05, 0.1) is 0 Å². The minimum atomic E-state index is -0.465. The molecule has 0 saturated carbocycles. The maximum Gasteiger partial charge on any atom is 0.122 e. The lowest BCUT2D eigenvalue weighted by molar-refractivity contribution is 0.171. The molecule has 0 spiro atoms. The third kappa shape index (κ3) is 2.89. The van der Waals surface area contributed by atoms with E-state index in [0.717, 1.165) is 5.01 Å². The van der Waals surface area contributed by atoms with Crippen LogP contribution < -0.4 is 5.32 Å². The second kappa shape index (κ2) is 4.54. The van der Waals surface area contributed by atoms with Gasteiger partial charge in [-0.25, -0.2) is 4.98 Å². The van der Waals surface area contributed by atoms with E-state index in [1.165, 1.54) is 11.3 Å². The van der Waals surface area contributed by atoms with Gasteiger partial charge >= 0.3 is 0 Å². The molecule has 1 heterocycles. The quantitative estimate of drug-likeness (QED) is 0.742. The molecule has 1 rings (SSSR count). The molecule has 4 heteroatoms. The number of hydrogen-bond acceptors (Lipinski definition) is 4. The summed E-state index contributed by atoms with van der Waals surface area (Å²) in [6, 6.07) is 0.402. The van der Waals surface area contributed by atoms with Gasteiger partial charge < -0.3 is 10.4 Å². The summed E-state index contributed by atoms with van der Waals surface area (Å²) in [4.78, 5) is 4.02. The molecular formula is C8H14N2OS. The zero-order valence-electron chi connectivity index (χ0n) is 7.32. The number of rotatable bonds is 4. The lowest BCUT2D eigenvalue weighted by Crippen LogP contribution is -2.27. The predicted molar refractivity (Wildman–Crippen MR) is 50.2 cm³/mol. The van der Waals surface area contributed by atoms with Crippen LogP contribution in [0.5, 0.6) is 0 Å². The van der Waals surface area contributed by atoms with E-state index in [4.69, 9.17) is 0 Å². The number of nitrogens with one attached hydrogen (secondary N) is 1. The molecule has 0 amide bonds. The minimum absolute atomic E-state index is 0.402. The zero-order chi connectivity index (χ0) is 8.97. The Balaban J connectivity index is 2.34. The highest BCUT2D eigenvalue weighted by Gasteiger charge is 2.09. The smallest absolute Gasteiger partial charge is 0.122 e. The highest BCUT2D eigenvalue weighted by Crippen LogP contribution is 2.13. The molecule has 3 nitrogen and oxygen atoms in total. The lowest BCUT2D eigenvalue weighted by atomic mass is 10.3. The second-order valence-corrected chi connectivity index (χ2v) is 3.88. The number of aromatic nitrogens is 1. The number of thiazole rings is 1. The molecule has 1 aromatic rings. The Bertz CT molecular complexity index is 211. The largest absolute Gasteiger partial charge is 0.385 e. The van der Waals surface area contributed by atoms with E-state index in [9.17, 15) is 5.11 Å². The Morgan fingerprint density at radius 2 is 2.42 bits per heavy atom. The van der Waals surface area contributed by atoms with E-state index >= 15 is 0 Å². The van der Waals surface area contributed by atoms with Crippen molar-refractivity contribution in [2.24, 2.45) is 0 Å². The van der Waals surface area contributed by atoms with Crippen molar-refractivity contribution < 1.29 is 5.11 Å². The van der Waals surface area contributed by atoms with Crippen molar-refractivity contribution in [3.63, 3.8) is 0 Å². The molecule has 0 saturated heterocycles. The Kier molecular flexibility index (Phi) is 3.65. The Labute approximate surface area is 76.5 Å². The molecule has 0 aliphatic rings. The van der Waals surface area contributed by atoms with Crippen molar-refractivity contribution in [1.29, 1.82) is 0 Å². The SMILES string of the molecule is CC(C)NCC(O)c1nccs1. The number of hydrogen-bond donors (Lipinski definition) is 2. The van der Waals surface area contributed by atoms with E-state index in [1.807, 2.05) is 5.38 Å². The summed E-state index contributed by atoms with van der Waals surface area (Å²) in [6.07, 6.45) is 1.24. The third-order valence-electron chi connectivity index (χ3n) is 1.46. The molecule has 0 fully saturated rings. The first-order valence-electron chi connectivity index (χ1n) is 4.01. The standard InChI is InChI=1S/C8H14N2OS/c1-6(2)10-5-7(11)8-9-3-4-12-8/h3-4,6-7,10-11H,5H2,1-2H3. The number of aliphatic hydroxyl groups is 1. The van der Waals surface area contributed by atoms with Crippen LogP contribution >= 0.6 is 11.3 Å². The van der Waals surface area contributed by atoms with Gasteiger partial charge in [0.15, 0.2) is 0 Å². The van der Waals surface area contributed by atoms with E-state index in [2.05, 4.69) is 24.1 Å². The molecule has 1 atom stereocenters. The molecule has 12 heavy (non-hydrogen) atoms. The van der Waals surface area contributed by atoms with Crippen LogP contribution in [0.3, 0.4) is 0 Å². The molecule has 0 aliphatic carbocycles. The van der Waals surface area contributed by atoms with Gasteiger partial charge in [-0.15, -0.1) is 11.3 Å². The molecule has 0 bridgehead atoms. The van der Waals surface area contributed by atoms with Crippen molar-refractivity contribution in [1.82, 2.24) is 10.3 Å². The number of aliphatic hydroxyl groups excluding tert-OH is 1. The first-order valence-corrected chi connectivity index (χ1v) is 4.89. The van der Waals surface area contributed by atoms with Gasteiger partial charge in [0, 0.05) is 24.2 Å². The van der Waals surface area contributed by atoms with E-state index < -0.39 is 6.10 Å². The average molecular weight is 186 g/mol. The van der Waals surface area contributed by atoms with Crippen LogP contribution in [0.4, 0.5) is 0 Å². The molecule has 1 aromatic heterocycles. The van der Waals surface area contributed by atoms with Crippen molar-refractivity contribution in [2.45, 2.75) is 26.0 Å². The van der Waals surface area contributed by atoms with Crippen LogP contribution in [0.1, 0.15) is 25.0 Å². The van der Waals surface area contributed by atoms with Gasteiger partial charge in [-0.05, 0) is 0 Å². The Hall–Kier alpha value is -0.450. The van der Waals surface area contributed by atoms with Crippen LogP contribution in [0.25, 0.3) is 0 Å². The fraction of sp³-hybridized carbons (Fsp3) is 0.625. The maximum atomic E-state index is 9.54. The molecule has 68 valence electrons. The summed E-state index contributed by atoms with van der Waals surface area (Å²) in [6.45, 7) is 4.67. The predicted octanol–water partition coefficient (Wildman–Crippen LogP) is 1.17. The fourth-order valence-electron chi connectivity index (χ4n) is 0.834. The molecule has 0 aliphatic heterocycles. The first kappa shape index (κ1) is 9.64. The molecule has 0 aromatic carbocycles. The van der Waals surface area contributed by atoms with Gasteiger partial charge in [0.2, 0.25) is 0 Å². The highest BCUT2D eigenvalue weighted by molar-refractivity contribution is 7.09. The van der Waals surface area contributed by atoms with Gasteiger partial charge in [-0.1, -0.05) is 13.8 Å². The summed E-state index contributed by atoms with van der Waals surface area (Å²) < 4.78 is 0. The van der Waals surface area contributed by atoms with Crippen molar-refractivity contribution >= 4 is 11.3 Å². The number of nitrogens with zero attached hydrogens (tertiary/aromatic N) is 1. The first-order chi connectivity index (χ1) is 5.70. The van der Waals surface area contributed by atoms with Gasteiger partial charge in [0.1, 0.15) is 11.1 Å².